The Morgan fingerprint density at radius 3 is 2.72 bits per heavy atom. The molecule has 3 aromatic heterocycles. The van der Waals surface area contributed by atoms with E-state index in [0.717, 1.165) is 60.6 Å². The highest BCUT2D eigenvalue weighted by atomic mass is 32.1. The lowest BCUT2D eigenvalue weighted by Crippen LogP contribution is -2.73. The van der Waals surface area contributed by atoms with Gasteiger partial charge in [0.15, 0.2) is 10.8 Å². The van der Waals surface area contributed by atoms with Gasteiger partial charge in [-0.05, 0) is 36.8 Å². The molecule has 0 bridgehead atoms. The van der Waals surface area contributed by atoms with Gasteiger partial charge in [0, 0.05) is 61.8 Å². The minimum Gasteiger partial charge on any atom is -0.381 e. The van der Waals surface area contributed by atoms with Crippen LogP contribution in [0.25, 0.3) is 22.3 Å². The van der Waals surface area contributed by atoms with Crippen molar-refractivity contribution in [3.8, 4) is 17.3 Å². The van der Waals surface area contributed by atoms with Crippen LogP contribution in [0, 0.1) is 28.5 Å². The Balaban J connectivity index is 1.09. The van der Waals surface area contributed by atoms with Gasteiger partial charge < -0.3 is 24.2 Å². The topological polar surface area (TPSA) is 108 Å². The molecular formula is C31H28FN7O3S. The number of carbonyl (C=O) groups excluding carboxylic acids is 1. The highest BCUT2D eigenvalue weighted by Crippen LogP contribution is 2.45. The number of thiazole rings is 1. The van der Waals surface area contributed by atoms with Gasteiger partial charge in [-0.25, -0.2) is 19.3 Å². The molecule has 0 N–H and O–H groups in total. The molecular weight excluding hydrogens is 569 g/mol. The van der Waals surface area contributed by atoms with Gasteiger partial charge in [0.25, 0.3) is 0 Å². The van der Waals surface area contributed by atoms with Crippen LogP contribution in [0.5, 0.6) is 0 Å². The molecule has 1 spiro atoms. The number of amides is 1. The lowest BCUT2D eigenvalue weighted by molar-refractivity contribution is -0.149. The van der Waals surface area contributed by atoms with E-state index in [9.17, 15) is 14.4 Å². The van der Waals surface area contributed by atoms with Crippen molar-refractivity contribution < 1.29 is 18.7 Å². The summed E-state index contributed by atoms with van der Waals surface area (Å²) in [6, 6.07) is 10.4. The maximum absolute atomic E-state index is 13.6. The number of hydrogen-bond donors (Lipinski definition) is 0. The van der Waals surface area contributed by atoms with Crippen molar-refractivity contribution in [3.05, 3.63) is 58.5 Å². The van der Waals surface area contributed by atoms with E-state index in [2.05, 4.69) is 17.0 Å². The van der Waals surface area contributed by atoms with Crippen molar-refractivity contribution in [1.82, 2.24) is 19.9 Å². The average Bonchev–Trinajstić information content (AvgIpc) is 3.75. The average molecular weight is 598 g/mol. The van der Waals surface area contributed by atoms with Crippen LogP contribution in [0.1, 0.15) is 22.6 Å². The van der Waals surface area contributed by atoms with E-state index in [1.807, 2.05) is 23.0 Å². The second-order valence-corrected chi connectivity index (χ2v) is 12.9. The molecule has 3 fully saturated rings. The zero-order valence-electron chi connectivity index (χ0n) is 23.5. The first kappa shape index (κ1) is 26.4. The van der Waals surface area contributed by atoms with E-state index >= 15 is 0 Å². The molecule has 0 aliphatic carbocycles. The van der Waals surface area contributed by atoms with Crippen molar-refractivity contribution in [2.75, 3.05) is 56.2 Å². The fourth-order valence-electron chi connectivity index (χ4n) is 6.76. The van der Waals surface area contributed by atoms with Gasteiger partial charge in [0.05, 0.1) is 49.0 Å². The second kappa shape index (κ2) is 9.94. The van der Waals surface area contributed by atoms with Crippen molar-refractivity contribution in [3.63, 3.8) is 0 Å². The predicted octanol–water partition coefficient (Wildman–Crippen LogP) is 4.25. The molecule has 0 radical (unpaired) electrons. The molecule has 218 valence electrons. The molecule has 4 aliphatic heterocycles. The van der Waals surface area contributed by atoms with Crippen molar-refractivity contribution in [2.24, 2.45) is 11.3 Å². The molecule has 1 atom stereocenters. The Labute approximate surface area is 251 Å². The lowest BCUT2D eigenvalue weighted by atomic mass is 9.72. The number of halogens is 1. The Bertz CT molecular complexity index is 1800. The predicted molar refractivity (Wildman–Crippen MR) is 158 cm³/mol. The van der Waals surface area contributed by atoms with Gasteiger partial charge in [-0.3, -0.25) is 4.79 Å². The number of ether oxygens (including phenoxy) is 2. The third kappa shape index (κ3) is 4.33. The highest BCUT2D eigenvalue weighted by molar-refractivity contribution is 7.16. The van der Waals surface area contributed by atoms with Crippen LogP contribution >= 0.6 is 11.3 Å². The molecule has 1 amide bonds. The summed E-state index contributed by atoms with van der Waals surface area (Å²) in [4.78, 5) is 33.9. The van der Waals surface area contributed by atoms with Crippen LogP contribution in [0.3, 0.4) is 0 Å². The lowest BCUT2D eigenvalue weighted by Gasteiger charge is -2.61. The molecule has 12 heteroatoms. The highest BCUT2D eigenvalue weighted by Gasteiger charge is 2.54. The normalized spacial score (nSPS) is 20.2. The Morgan fingerprint density at radius 2 is 1.98 bits per heavy atom. The summed E-state index contributed by atoms with van der Waals surface area (Å²) in [5.74, 6) is -0.0962. The maximum atomic E-state index is 13.6. The molecule has 0 saturated carbocycles. The first-order valence-electron chi connectivity index (χ1n) is 14.3. The zero-order chi connectivity index (χ0) is 29.3. The summed E-state index contributed by atoms with van der Waals surface area (Å²) < 4.78 is 24.8. The van der Waals surface area contributed by atoms with Gasteiger partial charge in [0.1, 0.15) is 22.5 Å². The summed E-state index contributed by atoms with van der Waals surface area (Å²) in [6.07, 6.45) is 2.69. The number of benzene rings is 1. The van der Waals surface area contributed by atoms with E-state index in [-0.39, 0.29) is 23.1 Å². The Morgan fingerprint density at radius 1 is 1.16 bits per heavy atom. The van der Waals surface area contributed by atoms with E-state index < -0.39 is 0 Å². The van der Waals surface area contributed by atoms with Gasteiger partial charge in [-0.2, -0.15) is 5.26 Å². The number of pyridine rings is 2. The van der Waals surface area contributed by atoms with Gasteiger partial charge in [-0.15, -0.1) is 0 Å². The number of nitrogens with zero attached hydrogens (tertiary/aromatic N) is 7. The monoisotopic (exact) mass is 597 g/mol. The molecule has 4 aromatic rings. The van der Waals surface area contributed by atoms with E-state index in [0.29, 0.717) is 53.3 Å². The van der Waals surface area contributed by atoms with E-state index in [1.54, 1.807) is 12.1 Å². The summed E-state index contributed by atoms with van der Waals surface area (Å²) in [5.41, 5.74) is 5.72. The number of anilines is 3. The number of rotatable bonds is 5. The molecule has 7 heterocycles. The number of hydrogen-bond acceptors (Lipinski definition) is 10. The Hall–Kier alpha value is -4.18. The summed E-state index contributed by atoms with van der Waals surface area (Å²) in [6.45, 7) is 5.39. The first-order valence-corrected chi connectivity index (χ1v) is 15.1. The summed E-state index contributed by atoms with van der Waals surface area (Å²) in [5, 5.41) is 11.4. The van der Waals surface area contributed by atoms with Gasteiger partial charge in [-0.1, -0.05) is 11.3 Å². The second-order valence-electron chi connectivity index (χ2n) is 11.9. The largest absolute Gasteiger partial charge is 0.381 e. The summed E-state index contributed by atoms with van der Waals surface area (Å²) in [7, 11) is 1.93. The molecule has 43 heavy (non-hydrogen) atoms. The van der Waals surface area contributed by atoms with Crippen LogP contribution < -0.4 is 9.80 Å². The minimum absolute atomic E-state index is 0.0145. The number of fused-ring (bicyclic) bond motifs is 2. The number of likely N-dealkylation sites (tertiary alicyclic amines) is 1. The standard InChI is InChI=1S/C31H28FN7O3S/c1-37(30-36-26(25(9-33)43-30)18-2-4-20(32)5-3-18)27-22-8-21(10-34-28(22)35-24-13-42-12-23(24)27)38-14-31(15-38)16-39(17-31)29(40)19-6-7-41-11-19/h2-5,8,10,19H,6-7,11-17H2,1H3/t19-/m1/s1. The first-order chi connectivity index (χ1) is 20.9. The van der Waals surface area contributed by atoms with Crippen LogP contribution in [0.15, 0.2) is 36.5 Å². The SMILES string of the molecule is CN(c1nc(-c2ccc(F)cc2)c(C#N)s1)c1c2c(nc3ncc(N4CC5(CN(C(=O)[C@@H]6CCOC6)C5)C4)cc13)COC2. The zero-order valence-corrected chi connectivity index (χ0v) is 24.4. The molecule has 0 unspecified atom stereocenters. The molecule has 4 aliphatic rings. The van der Waals surface area contributed by atoms with Crippen LogP contribution in [0.4, 0.5) is 20.9 Å². The van der Waals surface area contributed by atoms with Crippen molar-refractivity contribution in [2.45, 2.75) is 19.6 Å². The smallest absolute Gasteiger partial charge is 0.228 e. The molecule has 10 nitrogen and oxygen atoms in total. The van der Waals surface area contributed by atoms with E-state index in [4.69, 9.17) is 24.4 Å². The number of carbonyl (C=O) groups is 1. The number of aromatic nitrogens is 3. The maximum Gasteiger partial charge on any atom is 0.228 e. The third-order valence-electron chi connectivity index (χ3n) is 8.99. The summed E-state index contributed by atoms with van der Waals surface area (Å²) >= 11 is 1.29. The minimum atomic E-state index is -0.340. The third-order valence-corrected chi connectivity index (χ3v) is 10.0. The molecule has 1 aromatic carbocycles. The quantitative estimate of drug-likeness (QED) is 0.334. The number of nitriles is 1. The van der Waals surface area contributed by atoms with Crippen molar-refractivity contribution in [1.29, 1.82) is 5.26 Å². The van der Waals surface area contributed by atoms with Crippen LogP contribution in [-0.4, -0.2) is 72.2 Å². The fraction of sp³-hybridized carbons (Fsp3) is 0.387. The molecule has 3 saturated heterocycles. The van der Waals surface area contributed by atoms with E-state index in [1.165, 1.54) is 23.5 Å². The van der Waals surface area contributed by atoms with Gasteiger partial charge in [0.2, 0.25) is 5.91 Å². The Kier molecular flexibility index (Phi) is 6.11. The van der Waals surface area contributed by atoms with Crippen LogP contribution in [-0.2, 0) is 27.5 Å². The van der Waals surface area contributed by atoms with Crippen LogP contribution in [0.2, 0.25) is 0 Å². The fourth-order valence-corrected chi connectivity index (χ4v) is 7.61. The van der Waals surface area contributed by atoms with Gasteiger partial charge >= 0.3 is 0 Å². The molecule has 8 rings (SSSR count). The van der Waals surface area contributed by atoms with Crippen molar-refractivity contribution >= 4 is 44.8 Å².